The minimum atomic E-state index is -0.0996. The Hall–Kier alpha value is -9.88. The van der Waals surface area contributed by atoms with E-state index in [0.29, 0.717) is 0 Å². The van der Waals surface area contributed by atoms with Crippen molar-refractivity contribution >= 4 is 109 Å². The van der Waals surface area contributed by atoms with Gasteiger partial charge in [0.1, 0.15) is 23.0 Å². The van der Waals surface area contributed by atoms with Gasteiger partial charge in [-0.05, 0) is 154 Å². The highest BCUT2D eigenvalue weighted by atomic mass is 32.2. The smallest absolute Gasteiger partial charge is 0.260 e. The summed E-state index contributed by atoms with van der Waals surface area (Å²) in [6.45, 7) is -0.124. The predicted octanol–water partition coefficient (Wildman–Crippen LogP) is 15.5. The van der Waals surface area contributed by atoms with E-state index in [0.717, 1.165) is 113 Å². The molecule has 0 atom stereocenters. The van der Waals surface area contributed by atoms with Crippen LogP contribution in [0.15, 0.2) is 295 Å². The molecule has 8 heteroatoms. The van der Waals surface area contributed by atoms with Crippen molar-refractivity contribution in [2.24, 2.45) is 0 Å². The number of anilines is 9. The van der Waals surface area contributed by atoms with Gasteiger partial charge < -0.3 is 24.2 Å². The van der Waals surface area contributed by atoms with Gasteiger partial charge in [0.15, 0.2) is 0 Å². The van der Waals surface area contributed by atoms with E-state index in [-0.39, 0.29) is 13.4 Å². The Balaban J connectivity index is 0.960. The van der Waals surface area contributed by atoms with Gasteiger partial charge in [-0.2, -0.15) is 0 Å². The van der Waals surface area contributed by atoms with Gasteiger partial charge in [-0.1, -0.05) is 187 Å². The number of para-hydroxylation sites is 7. The van der Waals surface area contributed by atoms with E-state index in [1.54, 1.807) is 0 Å². The number of fused-ring (bicyclic) bond motifs is 8. The van der Waals surface area contributed by atoms with Crippen molar-refractivity contribution in [1.82, 2.24) is 0 Å². The molecule has 0 unspecified atom stereocenters. The summed E-state index contributed by atoms with van der Waals surface area (Å²) >= 11 is 1.86. The molecule has 0 bridgehead atoms. The second kappa shape index (κ2) is 18.9. The maximum Gasteiger partial charge on any atom is 0.260 e. The predicted molar refractivity (Wildman–Crippen MR) is 334 cm³/mol. The van der Waals surface area contributed by atoms with Crippen LogP contribution in [-0.4, -0.2) is 13.4 Å². The number of hydrogen-bond donors (Lipinski definition) is 0. The standard InChI is InChI=1S/C72H47B2N3O2S/c1-6-22-48(23-7-1)57-32-16-19-35-62(57)77-63-46-55(75(51-24-8-2-9-25-51)52-26-10-3-11-27-52)38-40-58(63)73-61-41-39-56(76(53-28-12-4-13-29-53)54-30-14-5-15-31-54)47-69(61)80-70-45-49(42-64(77)71(70)73)50-43-67-72-68(44-50)79-66-37-21-18-34-60(66)74(72)59-33-17-20-36-65(59)78-67/h1-47H. The monoisotopic (exact) mass is 1040 g/mol. The van der Waals surface area contributed by atoms with Crippen molar-refractivity contribution in [3.05, 3.63) is 285 Å². The fourth-order valence-electron chi connectivity index (χ4n) is 12.7. The number of rotatable bonds is 9. The fourth-order valence-corrected chi connectivity index (χ4v) is 14.0. The summed E-state index contributed by atoms with van der Waals surface area (Å²) in [5, 5.41) is 0. The highest BCUT2D eigenvalue weighted by Gasteiger charge is 2.44. The second-order valence-corrected chi connectivity index (χ2v) is 21.8. The van der Waals surface area contributed by atoms with Crippen LogP contribution in [0, 0.1) is 0 Å². The first-order valence-electron chi connectivity index (χ1n) is 27.3. The minimum absolute atomic E-state index is 0.0241. The lowest BCUT2D eigenvalue weighted by Crippen LogP contribution is -2.59. The van der Waals surface area contributed by atoms with Crippen molar-refractivity contribution < 1.29 is 9.47 Å². The lowest BCUT2D eigenvalue weighted by atomic mass is 9.34. The van der Waals surface area contributed by atoms with Crippen LogP contribution in [0.3, 0.4) is 0 Å². The van der Waals surface area contributed by atoms with Crippen LogP contribution in [0.5, 0.6) is 23.0 Å². The van der Waals surface area contributed by atoms with E-state index in [2.05, 4.69) is 300 Å². The molecular weight excluding hydrogens is 993 g/mol. The zero-order valence-electron chi connectivity index (χ0n) is 43.4. The van der Waals surface area contributed by atoms with Gasteiger partial charge >= 0.3 is 0 Å². The van der Waals surface area contributed by atoms with Crippen molar-refractivity contribution in [3.8, 4) is 45.3 Å². The first-order chi connectivity index (χ1) is 39.7. The Labute approximate surface area is 470 Å². The molecule has 4 aliphatic heterocycles. The summed E-state index contributed by atoms with van der Waals surface area (Å²) in [7, 11) is 0. The van der Waals surface area contributed by atoms with Gasteiger partial charge in [0.2, 0.25) is 6.71 Å². The summed E-state index contributed by atoms with van der Waals surface area (Å²) in [5.74, 6) is 3.36. The molecule has 4 heterocycles. The van der Waals surface area contributed by atoms with Crippen molar-refractivity contribution in [1.29, 1.82) is 0 Å². The highest BCUT2D eigenvalue weighted by molar-refractivity contribution is 8.00. The van der Waals surface area contributed by atoms with E-state index < -0.39 is 0 Å². The van der Waals surface area contributed by atoms with Gasteiger partial charge in [0.05, 0.1) is 5.69 Å². The van der Waals surface area contributed by atoms with Crippen molar-refractivity contribution in [3.63, 3.8) is 0 Å². The van der Waals surface area contributed by atoms with Crippen LogP contribution in [0.4, 0.5) is 51.2 Å². The van der Waals surface area contributed by atoms with Gasteiger partial charge in [-0.15, -0.1) is 0 Å². The van der Waals surface area contributed by atoms with Crippen LogP contribution < -0.4 is 57.0 Å². The summed E-state index contributed by atoms with van der Waals surface area (Å²) in [6, 6.07) is 103. The van der Waals surface area contributed by atoms with Crippen molar-refractivity contribution in [2.75, 3.05) is 14.7 Å². The molecule has 0 saturated heterocycles. The number of hydrogen-bond acceptors (Lipinski definition) is 6. The van der Waals surface area contributed by atoms with Crippen LogP contribution in [0.1, 0.15) is 0 Å². The number of benzene rings is 12. The second-order valence-electron chi connectivity index (χ2n) is 20.7. The van der Waals surface area contributed by atoms with E-state index in [1.807, 2.05) is 11.8 Å². The van der Waals surface area contributed by atoms with E-state index in [9.17, 15) is 0 Å². The molecule has 12 aromatic carbocycles. The Bertz CT molecular complexity index is 4230. The SMILES string of the molecule is c1ccc(-c2ccccc2N2c3cc(N(c4ccccc4)c4ccccc4)ccc3B3c4ccc(N(c5ccccc5)c5ccccc5)cc4Sc4cc(-c5cc6c7c(c5)Oc5ccccc5B7c5ccccc5O6)cc2c43)cc1. The summed E-state index contributed by atoms with van der Waals surface area (Å²) < 4.78 is 13.9. The third-order valence-corrected chi connectivity index (χ3v) is 17.3. The summed E-state index contributed by atoms with van der Waals surface area (Å²) in [6.07, 6.45) is 0. The number of nitrogens with zero attached hydrogens (tertiary/aromatic N) is 3. The van der Waals surface area contributed by atoms with Gasteiger partial charge in [-0.25, -0.2) is 0 Å². The van der Waals surface area contributed by atoms with E-state index in [1.165, 1.54) is 26.2 Å². The molecule has 0 saturated carbocycles. The molecule has 0 amide bonds. The van der Waals surface area contributed by atoms with Crippen molar-refractivity contribution in [2.45, 2.75) is 9.79 Å². The van der Waals surface area contributed by atoms with Crippen LogP contribution in [0.2, 0.25) is 0 Å². The maximum absolute atomic E-state index is 6.96. The zero-order chi connectivity index (χ0) is 52.7. The Morgan fingerprint density at radius 3 is 1.32 bits per heavy atom. The topological polar surface area (TPSA) is 28.2 Å². The quantitative estimate of drug-likeness (QED) is 0.134. The number of ether oxygens (including phenoxy) is 2. The molecule has 0 aliphatic carbocycles. The molecule has 4 aliphatic rings. The first-order valence-corrected chi connectivity index (χ1v) is 28.1. The fraction of sp³-hybridized carbons (Fsp3) is 0. The van der Waals surface area contributed by atoms with E-state index in [4.69, 9.17) is 9.47 Å². The average molecular weight is 1040 g/mol. The molecule has 5 nitrogen and oxygen atoms in total. The zero-order valence-corrected chi connectivity index (χ0v) is 44.2. The third-order valence-electron chi connectivity index (χ3n) is 16.2. The largest absolute Gasteiger partial charge is 0.458 e. The molecular formula is C72H47B2N3O2S. The van der Waals surface area contributed by atoms with Crippen LogP contribution >= 0.6 is 11.8 Å². The molecule has 16 rings (SSSR count). The van der Waals surface area contributed by atoms with Gasteiger partial charge in [-0.3, -0.25) is 0 Å². The first kappa shape index (κ1) is 46.2. The molecule has 0 fully saturated rings. The molecule has 12 aromatic rings. The third kappa shape index (κ3) is 7.59. The van der Waals surface area contributed by atoms with Crippen LogP contribution in [0.25, 0.3) is 22.3 Å². The molecule has 0 spiro atoms. The molecule has 80 heavy (non-hydrogen) atoms. The van der Waals surface area contributed by atoms with E-state index >= 15 is 0 Å². The maximum atomic E-state index is 6.96. The Morgan fingerprint density at radius 2 is 0.750 bits per heavy atom. The highest BCUT2D eigenvalue weighted by Crippen LogP contribution is 2.50. The summed E-state index contributed by atoms with van der Waals surface area (Å²) in [4.78, 5) is 9.71. The van der Waals surface area contributed by atoms with Gasteiger partial charge in [0.25, 0.3) is 6.71 Å². The Morgan fingerprint density at radius 1 is 0.287 bits per heavy atom. The molecule has 374 valence electrons. The minimum Gasteiger partial charge on any atom is -0.458 e. The molecule has 0 aromatic heterocycles. The Kier molecular flexibility index (Phi) is 10.9. The summed E-state index contributed by atoms with van der Waals surface area (Å²) in [5.41, 5.74) is 21.4. The lowest BCUT2D eigenvalue weighted by molar-refractivity contribution is 0.465. The van der Waals surface area contributed by atoms with Gasteiger partial charge in [0, 0.05) is 66.3 Å². The lowest BCUT2D eigenvalue weighted by Gasteiger charge is -2.42. The van der Waals surface area contributed by atoms with Crippen LogP contribution in [-0.2, 0) is 0 Å². The molecule has 0 radical (unpaired) electrons. The average Bonchev–Trinajstić information content (AvgIpc) is 3.62. The normalized spacial score (nSPS) is 12.8. The molecule has 0 N–H and O–H groups in total.